The predicted octanol–water partition coefficient (Wildman–Crippen LogP) is 3.55. The number of ether oxygens (including phenoxy) is 1. The van der Waals surface area contributed by atoms with E-state index in [1.54, 1.807) is 7.11 Å². The molecule has 0 heterocycles. The smallest absolute Gasteiger partial charge is 0.319 e. The van der Waals surface area contributed by atoms with Crippen LogP contribution in [0.2, 0.25) is 0 Å². The molecule has 2 aromatic carbocycles. The molecule has 2 N–H and O–H groups in total. The number of methoxy groups -OCH3 is 1. The van der Waals surface area contributed by atoms with Crippen molar-refractivity contribution in [3.63, 3.8) is 0 Å². The molecule has 4 heteroatoms. The van der Waals surface area contributed by atoms with Crippen LogP contribution in [0.25, 0.3) is 0 Å². The molecule has 2 aromatic rings. The van der Waals surface area contributed by atoms with Crippen molar-refractivity contribution in [3.8, 4) is 5.75 Å². The van der Waals surface area contributed by atoms with E-state index in [0.29, 0.717) is 6.54 Å². The van der Waals surface area contributed by atoms with Gasteiger partial charge in [0.2, 0.25) is 0 Å². The quantitative estimate of drug-likeness (QED) is 0.886. The third-order valence-corrected chi connectivity index (χ3v) is 4.17. The molecule has 3 rings (SSSR count). The summed E-state index contributed by atoms with van der Waals surface area (Å²) in [4.78, 5) is 12.0. The molecule has 0 aromatic heterocycles. The zero-order valence-corrected chi connectivity index (χ0v) is 12.6. The second-order valence-electron chi connectivity index (χ2n) is 5.68. The highest BCUT2D eigenvalue weighted by Gasteiger charge is 2.44. The van der Waals surface area contributed by atoms with Crippen LogP contribution in [0.5, 0.6) is 5.75 Å². The molecule has 0 aliphatic heterocycles. The summed E-state index contributed by atoms with van der Waals surface area (Å²) in [6.07, 6.45) is 2.20. The lowest BCUT2D eigenvalue weighted by Gasteiger charge is -2.17. The van der Waals surface area contributed by atoms with E-state index >= 15 is 0 Å². The van der Waals surface area contributed by atoms with Crippen LogP contribution >= 0.6 is 0 Å². The maximum atomic E-state index is 12.0. The van der Waals surface area contributed by atoms with E-state index < -0.39 is 0 Å². The van der Waals surface area contributed by atoms with Gasteiger partial charge in [-0.15, -0.1) is 0 Å². The van der Waals surface area contributed by atoms with Gasteiger partial charge >= 0.3 is 6.03 Å². The third kappa shape index (κ3) is 3.22. The summed E-state index contributed by atoms with van der Waals surface area (Å²) in [6, 6.07) is 17.4. The highest BCUT2D eigenvalue weighted by atomic mass is 16.5. The van der Waals surface area contributed by atoms with E-state index in [2.05, 4.69) is 22.8 Å². The molecule has 0 saturated heterocycles. The number of rotatable bonds is 5. The summed E-state index contributed by atoms with van der Waals surface area (Å²) < 4.78 is 5.19. The van der Waals surface area contributed by atoms with Gasteiger partial charge in [0.15, 0.2) is 0 Å². The van der Waals surface area contributed by atoms with Gasteiger partial charge in [-0.3, -0.25) is 0 Å². The molecule has 4 nitrogen and oxygen atoms in total. The molecule has 0 radical (unpaired) electrons. The number of benzene rings is 2. The third-order valence-electron chi connectivity index (χ3n) is 4.17. The van der Waals surface area contributed by atoms with Crippen molar-refractivity contribution in [2.75, 3.05) is 19.0 Å². The van der Waals surface area contributed by atoms with Gasteiger partial charge in [0.25, 0.3) is 0 Å². The maximum Gasteiger partial charge on any atom is 0.319 e. The lowest BCUT2D eigenvalue weighted by molar-refractivity contribution is 0.251. The number of urea groups is 1. The summed E-state index contributed by atoms with van der Waals surface area (Å²) >= 11 is 0. The number of anilines is 1. The molecule has 0 unspecified atom stereocenters. The van der Waals surface area contributed by atoms with Crippen LogP contribution in [-0.4, -0.2) is 19.7 Å². The van der Waals surface area contributed by atoms with Crippen molar-refractivity contribution in [3.05, 3.63) is 60.2 Å². The molecule has 1 saturated carbocycles. The molecule has 2 amide bonds. The van der Waals surface area contributed by atoms with Crippen LogP contribution in [0.1, 0.15) is 18.4 Å². The average Bonchev–Trinajstić information content (AvgIpc) is 3.35. The van der Waals surface area contributed by atoms with Gasteiger partial charge in [0.05, 0.1) is 7.11 Å². The fourth-order valence-electron chi connectivity index (χ4n) is 2.61. The lowest BCUT2D eigenvalue weighted by Crippen LogP contribution is -2.35. The Morgan fingerprint density at radius 2 is 1.77 bits per heavy atom. The van der Waals surface area contributed by atoms with Crippen molar-refractivity contribution >= 4 is 11.7 Å². The number of nitrogens with one attached hydrogen (secondary N) is 2. The van der Waals surface area contributed by atoms with E-state index in [-0.39, 0.29) is 11.4 Å². The van der Waals surface area contributed by atoms with Crippen LogP contribution in [0.3, 0.4) is 0 Å². The van der Waals surface area contributed by atoms with E-state index in [0.717, 1.165) is 24.3 Å². The topological polar surface area (TPSA) is 50.4 Å². The zero-order chi connectivity index (χ0) is 15.4. The number of carbonyl (C=O) groups excluding carboxylic acids is 1. The maximum absolute atomic E-state index is 12.0. The molecule has 1 aliphatic carbocycles. The SMILES string of the molecule is COc1ccc(C2(CNC(=O)Nc3ccccc3)CC2)cc1. The Hall–Kier alpha value is -2.49. The van der Waals surface area contributed by atoms with Gasteiger partial charge in [-0.2, -0.15) is 0 Å². The number of para-hydroxylation sites is 1. The Bertz CT molecular complexity index is 634. The fraction of sp³-hybridized carbons (Fsp3) is 0.278. The van der Waals surface area contributed by atoms with Crippen molar-refractivity contribution in [2.24, 2.45) is 0 Å². The molecule has 0 atom stereocenters. The summed E-state index contributed by atoms with van der Waals surface area (Å²) in [5.41, 5.74) is 2.14. The lowest BCUT2D eigenvalue weighted by atomic mass is 9.96. The van der Waals surface area contributed by atoms with Crippen molar-refractivity contribution in [2.45, 2.75) is 18.3 Å². The number of carbonyl (C=O) groups is 1. The number of hydrogen-bond acceptors (Lipinski definition) is 2. The highest BCUT2D eigenvalue weighted by molar-refractivity contribution is 5.89. The standard InChI is InChI=1S/C18H20N2O2/c1-22-16-9-7-14(8-10-16)18(11-12-18)13-19-17(21)20-15-5-3-2-4-6-15/h2-10H,11-13H2,1H3,(H2,19,20,21). The Morgan fingerprint density at radius 3 is 2.36 bits per heavy atom. The predicted molar refractivity (Wildman–Crippen MR) is 87.4 cm³/mol. The first-order valence-electron chi connectivity index (χ1n) is 7.46. The number of hydrogen-bond donors (Lipinski definition) is 2. The Kier molecular flexibility index (Phi) is 4.00. The minimum atomic E-state index is -0.161. The summed E-state index contributed by atoms with van der Waals surface area (Å²) in [6.45, 7) is 0.651. The second kappa shape index (κ2) is 6.10. The molecule has 1 fully saturated rings. The minimum Gasteiger partial charge on any atom is -0.497 e. The molecule has 1 aliphatic rings. The monoisotopic (exact) mass is 296 g/mol. The van der Waals surface area contributed by atoms with Crippen LogP contribution < -0.4 is 15.4 Å². The highest BCUT2D eigenvalue weighted by Crippen LogP contribution is 2.47. The molecule has 0 bridgehead atoms. The molecule has 22 heavy (non-hydrogen) atoms. The molecule has 0 spiro atoms. The molecular weight excluding hydrogens is 276 g/mol. The first kappa shape index (κ1) is 14.4. The largest absolute Gasteiger partial charge is 0.497 e. The average molecular weight is 296 g/mol. The Labute approximate surface area is 130 Å². The Balaban J connectivity index is 1.57. The van der Waals surface area contributed by atoms with E-state index in [1.165, 1.54) is 5.56 Å². The van der Waals surface area contributed by atoms with Gasteiger partial charge in [0.1, 0.15) is 5.75 Å². The zero-order valence-electron chi connectivity index (χ0n) is 12.6. The van der Waals surface area contributed by atoms with Crippen molar-refractivity contribution in [1.29, 1.82) is 0 Å². The Morgan fingerprint density at radius 1 is 1.09 bits per heavy atom. The van der Waals surface area contributed by atoms with Gasteiger partial charge in [0, 0.05) is 17.6 Å². The van der Waals surface area contributed by atoms with E-state index in [9.17, 15) is 4.79 Å². The van der Waals surface area contributed by atoms with Crippen molar-refractivity contribution < 1.29 is 9.53 Å². The van der Waals surface area contributed by atoms with E-state index in [4.69, 9.17) is 4.74 Å². The van der Waals surface area contributed by atoms with Crippen LogP contribution in [0.4, 0.5) is 10.5 Å². The number of amides is 2. The normalized spacial score (nSPS) is 15.0. The molecule has 114 valence electrons. The van der Waals surface area contributed by atoms with E-state index in [1.807, 2.05) is 42.5 Å². The van der Waals surface area contributed by atoms with Crippen LogP contribution in [0.15, 0.2) is 54.6 Å². The van der Waals surface area contributed by atoms with Crippen LogP contribution in [0, 0.1) is 0 Å². The first-order valence-corrected chi connectivity index (χ1v) is 7.46. The van der Waals surface area contributed by atoms with Crippen LogP contribution in [-0.2, 0) is 5.41 Å². The van der Waals surface area contributed by atoms with Gasteiger partial charge < -0.3 is 15.4 Å². The second-order valence-corrected chi connectivity index (χ2v) is 5.68. The minimum absolute atomic E-state index is 0.0836. The van der Waals surface area contributed by atoms with Gasteiger partial charge in [-0.05, 0) is 42.7 Å². The first-order chi connectivity index (χ1) is 10.7. The van der Waals surface area contributed by atoms with Gasteiger partial charge in [-0.1, -0.05) is 30.3 Å². The summed E-state index contributed by atoms with van der Waals surface area (Å²) in [5, 5.41) is 5.82. The molecular formula is C18H20N2O2. The fourth-order valence-corrected chi connectivity index (χ4v) is 2.61. The summed E-state index contributed by atoms with van der Waals surface area (Å²) in [7, 11) is 1.66. The van der Waals surface area contributed by atoms with Gasteiger partial charge in [-0.25, -0.2) is 4.79 Å². The summed E-state index contributed by atoms with van der Waals surface area (Å²) in [5.74, 6) is 0.856. The van der Waals surface area contributed by atoms with Crippen molar-refractivity contribution in [1.82, 2.24) is 5.32 Å².